The van der Waals surface area contributed by atoms with Crippen LogP contribution in [0.15, 0.2) is 66.7 Å². The van der Waals surface area contributed by atoms with Crippen molar-refractivity contribution in [3.63, 3.8) is 0 Å². The molecule has 2 aromatic rings. The first kappa shape index (κ1) is 48.0. The SMILES string of the molecule is C.C.C.C.C.C.C.C1CCCCC1.C1CCCCC1.Fc1ccccc1.c1ccccc1. The Morgan fingerprint density at radius 2 is 0.469 bits per heavy atom. The maximum atomic E-state index is 11.9. The molecule has 0 unspecified atom stereocenters. The summed E-state index contributed by atoms with van der Waals surface area (Å²) in [6.07, 6.45) is 18.0. The van der Waals surface area contributed by atoms with Crippen LogP contribution in [0.4, 0.5) is 4.39 Å². The van der Waals surface area contributed by atoms with Crippen LogP contribution >= 0.6 is 0 Å². The summed E-state index contributed by atoms with van der Waals surface area (Å²) >= 11 is 0. The van der Waals surface area contributed by atoms with E-state index < -0.39 is 0 Å². The number of hydrogen-bond donors (Lipinski definition) is 0. The minimum Gasteiger partial charge on any atom is -0.207 e. The van der Waals surface area contributed by atoms with Crippen molar-refractivity contribution in [2.24, 2.45) is 0 Å². The predicted molar refractivity (Wildman–Crippen MR) is 155 cm³/mol. The van der Waals surface area contributed by atoms with Crippen molar-refractivity contribution in [1.29, 1.82) is 0 Å². The van der Waals surface area contributed by atoms with E-state index in [0.717, 1.165) is 0 Å². The molecule has 0 amide bonds. The number of rotatable bonds is 0. The van der Waals surface area contributed by atoms with Gasteiger partial charge in [0, 0.05) is 0 Å². The maximum Gasteiger partial charge on any atom is 0.123 e. The fourth-order valence-corrected chi connectivity index (χ4v) is 2.92. The van der Waals surface area contributed by atoms with Gasteiger partial charge in [-0.2, -0.15) is 0 Å². The molecule has 2 aliphatic rings. The van der Waals surface area contributed by atoms with Crippen LogP contribution in [-0.4, -0.2) is 0 Å². The monoisotopic (exact) mass is 454 g/mol. The topological polar surface area (TPSA) is 0 Å². The molecule has 2 saturated carbocycles. The molecule has 0 radical (unpaired) electrons. The van der Waals surface area contributed by atoms with E-state index in [4.69, 9.17) is 0 Å². The largest absolute Gasteiger partial charge is 0.207 e. The highest BCUT2D eigenvalue weighted by molar-refractivity contribution is 5.02. The Bertz CT molecular complexity index is 397. The highest BCUT2D eigenvalue weighted by Gasteiger charge is 1.96. The van der Waals surface area contributed by atoms with E-state index in [9.17, 15) is 4.39 Å². The van der Waals surface area contributed by atoms with Crippen molar-refractivity contribution in [1.82, 2.24) is 0 Å². The van der Waals surface area contributed by atoms with Gasteiger partial charge in [-0.05, 0) is 12.1 Å². The van der Waals surface area contributed by atoms with E-state index in [1.165, 1.54) is 89.2 Å². The summed E-state index contributed by atoms with van der Waals surface area (Å²) in [4.78, 5) is 0. The number of benzene rings is 2. The molecule has 1 heteroatoms. The van der Waals surface area contributed by atoms with Gasteiger partial charge in [-0.1, -0.05) is 184 Å². The van der Waals surface area contributed by atoms with E-state index in [0.29, 0.717) is 0 Å². The van der Waals surface area contributed by atoms with E-state index >= 15 is 0 Å². The van der Waals surface area contributed by atoms with E-state index in [1.807, 2.05) is 36.4 Å². The lowest BCUT2D eigenvalue weighted by Crippen LogP contribution is -1.85. The molecule has 0 spiro atoms. The van der Waals surface area contributed by atoms with Crippen molar-refractivity contribution in [2.45, 2.75) is 129 Å². The molecule has 2 fully saturated rings. The van der Waals surface area contributed by atoms with Gasteiger partial charge in [0.1, 0.15) is 5.82 Å². The molecule has 2 aromatic carbocycles. The van der Waals surface area contributed by atoms with Crippen LogP contribution in [0.5, 0.6) is 0 Å². The standard InChI is InChI=1S/C6H5F.2C6H12.C6H6.7CH4/c7-6-4-2-1-3-5-6;3*1-2-4-6-5-3-1;;;;;;;/h1-5H;2*1-6H2;1-6H;7*1H4. The van der Waals surface area contributed by atoms with Gasteiger partial charge in [0.05, 0.1) is 0 Å². The van der Waals surface area contributed by atoms with Crippen LogP contribution in [0.2, 0.25) is 0 Å². The molecule has 0 saturated heterocycles. The molecular weight excluding hydrogens is 391 g/mol. The smallest absolute Gasteiger partial charge is 0.123 e. The first-order chi connectivity index (χ1) is 12.4. The van der Waals surface area contributed by atoms with Crippen LogP contribution in [0.25, 0.3) is 0 Å². The fraction of sp³-hybridized carbons (Fsp3) is 0.613. The zero-order valence-electron chi connectivity index (χ0n) is 15.7. The van der Waals surface area contributed by atoms with Crippen LogP contribution in [0.1, 0.15) is 129 Å². The summed E-state index contributed by atoms with van der Waals surface area (Å²) in [7, 11) is 0. The molecule has 0 N–H and O–H groups in total. The Balaban J connectivity index is -0.0000000486. The fourth-order valence-electron chi connectivity index (χ4n) is 2.92. The molecule has 0 bridgehead atoms. The third-order valence-corrected chi connectivity index (χ3v) is 4.40. The molecular formula is C31H63F. The molecule has 194 valence electrons. The van der Waals surface area contributed by atoms with Crippen LogP contribution in [-0.2, 0) is 0 Å². The Kier molecular flexibility index (Phi) is 59.7. The normalized spacial score (nSPS) is 12.4. The number of halogens is 1. The molecule has 2 aliphatic carbocycles. The molecule has 0 heterocycles. The maximum absolute atomic E-state index is 11.9. The second-order valence-corrected chi connectivity index (χ2v) is 6.69. The number of hydrogen-bond acceptors (Lipinski definition) is 0. The summed E-state index contributed by atoms with van der Waals surface area (Å²) < 4.78 is 11.9. The first-order valence-corrected chi connectivity index (χ1v) is 10.1. The lowest BCUT2D eigenvalue weighted by Gasteiger charge is -2.05. The highest BCUT2D eigenvalue weighted by atomic mass is 19.1. The zero-order chi connectivity index (χ0) is 17.8. The average molecular weight is 455 g/mol. The molecule has 0 aromatic heterocycles. The van der Waals surface area contributed by atoms with Gasteiger partial charge in [0.2, 0.25) is 0 Å². The summed E-state index contributed by atoms with van der Waals surface area (Å²) in [5.74, 6) is -0.178. The third-order valence-electron chi connectivity index (χ3n) is 4.40. The van der Waals surface area contributed by atoms with Crippen molar-refractivity contribution < 1.29 is 4.39 Å². The lowest BCUT2D eigenvalue weighted by atomic mass is 10.0. The first-order valence-electron chi connectivity index (χ1n) is 10.1. The highest BCUT2D eigenvalue weighted by Crippen LogP contribution is 2.15. The Labute approximate surface area is 206 Å². The Hall–Kier alpha value is -1.63. The molecule has 0 nitrogen and oxygen atoms in total. The van der Waals surface area contributed by atoms with Gasteiger partial charge >= 0.3 is 0 Å². The quantitative estimate of drug-likeness (QED) is 0.371. The van der Waals surface area contributed by atoms with Gasteiger partial charge in [-0.3, -0.25) is 0 Å². The summed E-state index contributed by atoms with van der Waals surface area (Å²) in [5, 5.41) is 0. The molecule has 0 atom stereocenters. The van der Waals surface area contributed by atoms with Crippen LogP contribution < -0.4 is 0 Å². The molecule has 32 heavy (non-hydrogen) atoms. The Morgan fingerprint density at radius 1 is 0.312 bits per heavy atom. The van der Waals surface area contributed by atoms with Gasteiger partial charge in [0.15, 0.2) is 0 Å². The average Bonchev–Trinajstić information content (AvgIpc) is 2.74. The van der Waals surface area contributed by atoms with Crippen LogP contribution in [0, 0.1) is 5.82 Å². The summed E-state index contributed by atoms with van der Waals surface area (Å²) in [6.45, 7) is 0. The molecule has 4 rings (SSSR count). The van der Waals surface area contributed by atoms with Crippen molar-refractivity contribution in [2.75, 3.05) is 0 Å². The van der Waals surface area contributed by atoms with E-state index in [1.54, 1.807) is 18.2 Å². The van der Waals surface area contributed by atoms with Crippen molar-refractivity contribution >= 4 is 0 Å². The molecule has 0 aliphatic heterocycles. The van der Waals surface area contributed by atoms with E-state index in [2.05, 4.69) is 0 Å². The second kappa shape index (κ2) is 39.8. The third kappa shape index (κ3) is 35.8. The minimum atomic E-state index is -0.178. The van der Waals surface area contributed by atoms with Gasteiger partial charge < -0.3 is 0 Å². The Morgan fingerprint density at radius 3 is 0.594 bits per heavy atom. The minimum absolute atomic E-state index is 0. The predicted octanol–water partition coefficient (Wildman–Crippen LogP) is 12.6. The van der Waals surface area contributed by atoms with Gasteiger partial charge in [-0.15, -0.1) is 0 Å². The van der Waals surface area contributed by atoms with Gasteiger partial charge in [0.25, 0.3) is 0 Å². The van der Waals surface area contributed by atoms with Gasteiger partial charge in [-0.25, -0.2) is 4.39 Å². The summed E-state index contributed by atoms with van der Waals surface area (Å²) in [5.41, 5.74) is 0. The second-order valence-electron chi connectivity index (χ2n) is 6.69. The van der Waals surface area contributed by atoms with Crippen molar-refractivity contribution in [3.8, 4) is 0 Å². The lowest BCUT2D eigenvalue weighted by molar-refractivity contribution is 0.504. The summed E-state index contributed by atoms with van der Waals surface area (Å²) in [6, 6.07) is 19.9. The zero-order valence-corrected chi connectivity index (χ0v) is 15.7. The van der Waals surface area contributed by atoms with Crippen molar-refractivity contribution in [3.05, 3.63) is 72.5 Å². The van der Waals surface area contributed by atoms with Crippen LogP contribution in [0.3, 0.4) is 0 Å². The van der Waals surface area contributed by atoms with E-state index in [-0.39, 0.29) is 57.8 Å².